The Morgan fingerprint density at radius 2 is 2.00 bits per heavy atom. The van der Waals surface area contributed by atoms with E-state index in [2.05, 4.69) is 10.6 Å². The summed E-state index contributed by atoms with van der Waals surface area (Å²) in [5, 5.41) is 13.2. The van der Waals surface area contributed by atoms with E-state index < -0.39 is 17.9 Å². The molecule has 1 unspecified atom stereocenters. The second kappa shape index (κ2) is 7.32. The molecule has 3 N–H and O–H groups in total. The highest BCUT2D eigenvalue weighted by molar-refractivity contribution is 5.94. The van der Waals surface area contributed by atoms with Gasteiger partial charge >= 0.3 is 12.0 Å². The molecule has 0 saturated heterocycles. The molecular weight excluding hydrogens is 264 g/mol. The second-order valence-electron chi connectivity index (χ2n) is 4.65. The molecule has 7 nitrogen and oxygen atoms in total. The van der Waals surface area contributed by atoms with Crippen molar-refractivity contribution in [2.45, 2.75) is 33.2 Å². The summed E-state index contributed by atoms with van der Waals surface area (Å²) in [7, 11) is 0. The Hall–Kier alpha value is -2.31. The van der Waals surface area contributed by atoms with Crippen molar-refractivity contribution in [2.24, 2.45) is 5.92 Å². The summed E-state index contributed by atoms with van der Waals surface area (Å²) in [5.41, 5.74) is 0. The molecule has 0 aliphatic heterocycles. The van der Waals surface area contributed by atoms with E-state index >= 15 is 0 Å². The van der Waals surface area contributed by atoms with Gasteiger partial charge < -0.3 is 14.8 Å². The van der Waals surface area contributed by atoms with Crippen molar-refractivity contribution in [2.75, 3.05) is 0 Å². The molecule has 0 aliphatic rings. The van der Waals surface area contributed by atoms with Crippen LogP contribution in [0.4, 0.5) is 4.79 Å². The lowest BCUT2D eigenvalue weighted by Gasteiger charge is -2.09. The molecule has 0 radical (unpaired) electrons. The first-order chi connectivity index (χ1) is 9.36. The van der Waals surface area contributed by atoms with Crippen LogP contribution in [0.2, 0.25) is 0 Å². The van der Waals surface area contributed by atoms with Crippen molar-refractivity contribution in [1.82, 2.24) is 10.6 Å². The van der Waals surface area contributed by atoms with Crippen LogP contribution in [0.1, 0.15) is 31.3 Å². The van der Waals surface area contributed by atoms with E-state index in [-0.39, 0.29) is 25.3 Å². The summed E-state index contributed by atoms with van der Waals surface area (Å²) in [6.07, 6.45) is -0.125. The number of furan rings is 1. The average Bonchev–Trinajstić information content (AvgIpc) is 2.71. The van der Waals surface area contributed by atoms with E-state index in [1.807, 2.05) is 0 Å². The number of urea groups is 1. The maximum Gasteiger partial charge on any atom is 0.321 e. The molecule has 110 valence electrons. The molecule has 1 rings (SSSR count). The SMILES string of the molecule is Cc1ccc(CNC(=O)NC(=O)CC(C)CC(=O)O)o1. The maximum atomic E-state index is 11.5. The number of carboxylic acids is 1. The molecule has 1 atom stereocenters. The molecule has 0 bridgehead atoms. The van der Waals surface area contributed by atoms with Gasteiger partial charge in [-0.15, -0.1) is 0 Å². The predicted molar refractivity (Wildman–Crippen MR) is 69.9 cm³/mol. The van der Waals surface area contributed by atoms with Crippen LogP contribution >= 0.6 is 0 Å². The normalized spacial score (nSPS) is 11.7. The molecule has 0 saturated carbocycles. The summed E-state index contributed by atoms with van der Waals surface area (Å²) < 4.78 is 5.25. The zero-order valence-electron chi connectivity index (χ0n) is 11.4. The lowest BCUT2D eigenvalue weighted by Crippen LogP contribution is -2.39. The minimum absolute atomic E-state index is 0.0143. The molecular formula is C13H18N2O5. The first-order valence-electron chi connectivity index (χ1n) is 6.21. The fourth-order valence-electron chi connectivity index (χ4n) is 1.66. The number of hydrogen-bond donors (Lipinski definition) is 3. The van der Waals surface area contributed by atoms with Gasteiger partial charge in [-0.25, -0.2) is 4.79 Å². The summed E-state index contributed by atoms with van der Waals surface area (Å²) in [6.45, 7) is 3.60. The molecule has 3 amide bonds. The Labute approximate surface area is 116 Å². The minimum atomic E-state index is -0.969. The van der Waals surface area contributed by atoms with Gasteiger partial charge in [-0.1, -0.05) is 6.92 Å². The van der Waals surface area contributed by atoms with Crippen molar-refractivity contribution in [3.8, 4) is 0 Å². The number of carbonyl (C=O) groups excluding carboxylic acids is 2. The highest BCUT2D eigenvalue weighted by Crippen LogP contribution is 2.07. The maximum absolute atomic E-state index is 11.5. The third kappa shape index (κ3) is 6.03. The van der Waals surface area contributed by atoms with Gasteiger partial charge in [-0.05, 0) is 25.0 Å². The monoisotopic (exact) mass is 282 g/mol. The largest absolute Gasteiger partial charge is 0.481 e. The molecule has 0 aliphatic carbocycles. The summed E-state index contributed by atoms with van der Waals surface area (Å²) in [4.78, 5) is 33.4. The van der Waals surface area contributed by atoms with Crippen LogP contribution < -0.4 is 10.6 Å². The van der Waals surface area contributed by atoms with E-state index in [0.29, 0.717) is 5.76 Å². The molecule has 7 heteroatoms. The Bertz CT molecular complexity index is 495. The number of carbonyl (C=O) groups is 3. The van der Waals surface area contributed by atoms with E-state index in [1.54, 1.807) is 26.0 Å². The van der Waals surface area contributed by atoms with Crippen LogP contribution in [0.15, 0.2) is 16.5 Å². The van der Waals surface area contributed by atoms with Crippen molar-refractivity contribution in [1.29, 1.82) is 0 Å². The Balaban J connectivity index is 2.27. The quantitative estimate of drug-likeness (QED) is 0.731. The first kappa shape index (κ1) is 15.7. The average molecular weight is 282 g/mol. The van der Waals surface area contributed by atoms with Gasteiger partial charge in [0, 0.05) is 12.8 Å². The summed E-state index contributed by atoms with van der Waals surface area (Å²) in [6, 6.07) is 2.87. The number of amides is 3. The van der Waals surface area contributed by atoms with Crippen LogP contribution in [-0.2, 0) is 16.1 Å². The molecule has 0 spiro atoms. The van der Waals surface area contributed by atoms with Crippen LogP contribution in [0.25, 0.3) is 0 Å². The van der Waals surface area contributed by atoms with Crippen LogP contribution in [0, 0.1) is 12.8 Å². The molecule has 20 heavy (non-hydrogen) atoms. The highest BCUT2D eigenvalue weighted by atomic mass is 16.4. The third-order valence-electron chi connectivity index (χ3n) is 2.53. The van der Waals surface area contributed by atoms with E-state index in [4.69, 9.17) is 9.52 Å². The smallest absolute Gasteiger partial charge is 0.321 e. The highest BCUT2D eigenvalue weighted by Gasteiger charge is 2.14. The zero-order chi connectivity index (χ0) is 15.1. The second-order valence-corrected chi connectivity index (χ2v) is 4.65. The van der Waals surface area contributed by atoms with Gasteiger partial charge in [0.15, 0.2) is 0 Å². The number of aryl methyl sites for hydroxylation is 1. The Kier molecular flexibility index (Phi) is 5.76. The number of nitrogens with one attached hydrogen (secondary N) is 2. The standard InChI is InChI=1S/C13H18N2O5/c1-8(6-12(17)18)5-11(16)15-13(19)14-7-10-4-3-9(2)20-10/h3-4,8H,5-7H2,1-2H3,(H,17,18)(H2,14,15,16,19). The number of carboxylic acid groups (broad SMARTS) is 1. The molecule has 0 aromatic carbocycles. The molecule has 1 aromatic heterocycles. The number of aliphatic carboxylic acids is 1. The summed E-state index contributed by atoms with van der Waals surface area (Å²) >= 11 is 0. The first-order valence-corrected chi connectivity index (χ1v) is 6.21. The van der Waals surface area contributed by atoms with Crippen molar-refractivity contribution < 1.29 is 23.9 Å². The fraction of sp³-hybridized carbons (Fsp3) is 0.462. The van der Waals surface area contributed by atoms with Gasteiger partial charge in [0.25, 0.3) is 0 Å². The third-order valence-corrected chi connectivity index (χ3v) is 2.53. The van der Waals surface area contributed by atoms with Crippen molar-refractivity contribution in [3.63, 3.8) is 0 Å². The molecule has 0 fully saturated rings. The number of hydrogen-bond acceptors (Lipinski definition) is 4. The summed E-state index contributed by atoms with van der Waals surface area (Å²) in [5.74, 6) is -0.479. The van der Waals surface area contributed by atoms with E-state index in [1.165, 1.54) is 0 Å². The Morgan fingerprint density at radius 1 is 1.30 bits per heavy atom. The topological polar surface area (TPSA) is 109 Å². The van der Waals surface area contributed by atoms with Gasteiger partial charge in [0.05, 0.1) is 6.54 Å². The van der Waals surface area contributed by atoms with Crippen LogP contribution in [-0.4, -0.2) is 23.0 Å². The lowest BCUT2D eigenvalue weighted by molar-refractivity contribution is -0.138. The lowest BCUT2D eigenvalue weighted by atomic mass is 10.0. The molecule has 1 heterocycles. The Morgan fingerprint density at radius 3 is 2.55 bits per heavy atom. The van der Waals surface area contributed by atoms with E-state index in [9.17, 15) is 14.4 Å². The minimum Gasteiger partial charge on any atom is -0.481 e. The van der Waals surface area contributed by atoms with Crippen molar-refractivity contribution >= 4 is 17.9 Å². The van der Waals surface area contributed by atoms with Gasteiger partial charge in [0.1, 0.15) is 11.5 Å². The van der Waals surface area contributed by atoms with Gasteiger partial charge in [-0.3, -0.25) is 14.9 Å². The van der Waals surface area contributed by atoms with Crippen LogP contribution in [0.5, 0.6) is 0 Å². The number of rotatable bonds is 6. The molecule has 1 aromatic rings. The van der Waals surface area contributed by atoms with Crippen molar-refractivity contribution in [3.05, 3.63) is 23.7 Å². The predicted octanol–water partition coefficient (Wildman–Crippen LogP) is 1.41. The van der Waals surface area contributed by atoms with Crippen LogP contribution in [0.3, 0.4) is 0 Å². The fourth-order valence-corrected chi connectivity index (χ4v) is 1.66. The zero-order valence-corrected chi connectivity index (χ0v) is 11.4. The van der Waals surface area contributed by atoms with Gasteiger partial charge in [0.2, 0.25) is 5.91 Å². The number of imide groups is 1. The van der Waals surface area contributed by atoms with Gasteiger partial charge in [-0.2, -0.15) is 0 Å². The van der Waals surface area contributed by atoms with E-state index in [0.717, 1.165) is 5.76 Å².